The Bertz CT molecular complexity index is 405. The van der Waals surface area contributed by atoms with Gasteiger partial charge in [-0.25, -0.2) is 0 Å². The molecule has 2 aliphatic rings. The predicted octanol–water partition coefficient (Wildman–Crippen LogP) is 1.76. The topological polar surface area (TPSA) is 38.5 Å². The third-order valence-electron chi connectivity index (χ3n) is 3.85. The number of anilines is 1. The number of hydrogen-bond donors (Lipinski definition) is 1. The molecule has 1 fully saturated rings. The first-order valence-electron chi connectivity index (χ1n) is 5.97. The fourth-order valence-electron chi connectivity index (χ4n) is 2.91. The highest BCUT2D eigenvalue weighted by Crippen LogP contribution is 2.32. The molecule has 2 heterocycles. The van der Waals surface area contributed by atoms with E-state index in [1.54, 1.807) is 0 Å². The first kappa shape index (κ1) is 10.1. The van der Waals surface area contributed by atoms with Crippen molar-refractivity contribution < 1.29 is 4.74 Å². The van der Waals surface area contributed by atoms with E-state index in [1.807, 2.05) is 12.1 Å². The molecule has 3 heteroatoms. The van der Waals surface area contributed by atoms with E-state index >= 15 is 0 Å². The van der Waals surface area contributed by atoms with Crippen molar-refractivity contribution in [1.82, 2.24) is 4.90 Å². The van der Waals surface area contributed by atoms with Crippen molar-refractivity contribution in [2.45, 2.75) is 38.6 Å². The second-order valence-corrected chi connectivity index (χ2v) is 4.82. The van der Waals surface area contributed by atoms with Crippen LogP contribution < -0.4 is 5.73 Å². The van der Waals surface area contributed by atoms with Crippen molar-refractivity contribution in [1.29, 1.82) is 0 Å². The molecule has 0 amide bonds. The summed E-state index contributed by atoms with van der Waals surface area (Å²) in [4.78, 5) is 2.50. The van der Waals surface area contributed by atoms with Gasteiger partial charge in [-0.3, -0.25) is 4.90 Å². The lowest BCUT2D eigenvalue weighted by Gasteiger charge is -2.25. The van der Waals surface area contributed by atoms with E-state index in [-0.39, 0.29) is 0 Å². The average Bonchev–Trinajstić information content (AvgIpc) is 2.84. The van der Waals surface area contributed by atoms with Gasteiger partial charge in [0.05, 0.1) is 6.10 Å². The predicted molar refractivity (Wildman–Crippen MR) is 63.9 cm³/mol. The molecule has 3 nitrogen and oxygen atoms in total. The van der Waals surface area contributed by atoms with Gasteiger partial charge in [-0.2, -0.15) is 0 Å². The van der Waals surface area contributed by atoms with Crippen LogP contribution in [0.4, 0.5) is 5.69 Å². The lowest BCUT2D eigenvalue weighted by molar-refractivity contribution is 0.0729. The van der Waals surface area contributed by atoms with Gasteiger partial charge in [0, 0.05) is 31.4 Å². The Labute approximate surface area is 96.2 Å². The molecular weight excluding hydrogens is 200 g/mol. The van der Waals surface area contributed by atoms with Gasteiger partial charge in [-0.05, 0) is 30.5 Å². The van der Waals surface area contributed by atoms with Gasteiger partial charge in [0.1, 0.15) is 0 Å². The fourth-order valence-corrected chi connectivity index (χ4v) is 2.91. The highest BCUT2D eigenvalue weighted by Gasteiger charge is 2.33. The van der Waals surface area contributed by atoms with Crippen LogP contribution >= 0.6 is 0 Å². The number of benzene rings is 1. The Balaban J connectivity index is 1.82. The summed E-state index contributed by atoms with van der Waals surface area (Å²) in [5.74, 6) is 0. The van der Waals surface area contributed by atoms with Crippen molar-refractivity contribution in [3.8, 4) is 0 Å². The molecule has 0 spiro atoms. The number of rotatable bonds is 1. The molecule has 2 N–H and O–H groups in total. The number of fused-ring (bicyclic) bond motifs is 1. The van der Waals surface area contributed by atoms with Gasteiger partial charge in [0.2, 0.25) is 0 Å². The van der Waals surface area contributed by atoms with Crippen molar-refractivity contribution in [3.63, 3.8) is 0 Å². The number of nitrogens with zero attached hydrogens (tertiary/aromatic N) is 1. The van der Waals surface area contributed by atoms with Gasteiger partial charge in [0.15, 0.2) is 0 Å². The summed E-state index contributed by atoms with van der Waals surface area (Å²) in [6, 6.07) is 6.79. The maximum Gasteiger partial charge on any atom is 0.0703 e. The van der Waals surface area contributed by atoms with Crippen molar-refractivity contribution >= 4 is 5.69 Å². The van der Waals surface area contributed by atoms with Gasteiger partial charge in [0.25, 0.3) is 0 Å². The number of nitrogen functional groups attached to an aromatic ring is 1. The minimum Gasteiger partial charge on any atom is -0.398 e. The molecule has 1 aromatic rings. The molecule has 0 bridgehead atoms. The summed E-state index contributed by atoms with van der Waals surface area (Å²) in [5.41, 5.74) is 9.66. The van der Waals surface area contributed by atoms with E-state index in [0.29, 0.717) is 12.1 Å². The van der Waals surface area contributed by atoms with Crippen molar-refractivity contribution in [2.75, 3.05) is 12.3 Å². The van der Waals surface area contributed by atoms with Gasteiger partial charge in [-0.15, -0.1) is 0 Å². The molecule has 2 unspecified atom stereocenters. The van der Waals surface area contributed by atoms with Crippen LogP contribution in [0, 0.1) is 0 Å². The van der Waals surface area contributed by atoms with E-state index in [4.69, 9.17) is 10.5 Å². The second kappa shape index (κ2) is 3.75. The SMILES string of the molecule is CC1OCCC1N1Cc2cccc(N)c2C1. The molecule has 1 saturated heterocycles. The Morgan fingerprint density at radius 1 is 1.38 bits per heavy atom. The van der Waals surface area contributed by atoms with Crippen LogP contribution in [-0.2, 0) is 17.8 Å². The molecule has 0 aromatic heterocycles. The van der Waals surface area contributed by atoms with Gasteiger partial charge in [-0.1, -0.05) is 12.1 Å². The summed E-state index contributed by atoms with van der Waals surface area (Å²) >= 11 is 0. The summed E-state index contributed by atoms with van der Waals surface area (Å²) in [6.07, 6.45) is 1.50. The summed E-state index contributed by atoms with van der Waals surface area (Å²) < 4.78 is 5.63. The molecule has 2 aliphatic heterocycles. The molecule has 0 saturated carbocycles. The minimum absolute atomic E-state index is 0.357. The van der Waals surface area contributed by atoms with Crippen LogP contribution in [0.15, 0.2) is 18.2 Å². The third kappa shape index (κ3) is 1.51. The quantitative estimate of drug-likeness (QED) is 0.730. The van der Waals surface area contributed by atoms with E-state index < -0.39 is 0 Å². The zero-order chi connectivity index (χ0) is 11.1. The summed E-state index contributed by atoms with van der Waals surface area (Å²) in [7, 11) is 0. The molecule has 16 heavy (non-hydrogen) atoms. The van der Waals surface area contributed by atoms with Crippen LogP contribution in [0.1, 0.15) is 24.5 Å². The van der Waals surface area contributed by atoms with Crippen LogP contribution in [0.25, 0.3) is 0 Å². The first-order chi connectivity index (χ1) is 7.75. The molecule has 1 aromatic carbocycles. The number of nitrogens with two attached hydrogens (primary N) is 1. The summed E-state index contributed by atoms with van der Waals surface area (Å²) in [5, 5.41) is 0. The summed E-state index contributed by atoms with van der Waals surface area (Å²) in [6.45, 7) is 5.08. The monoisotopic (exact) mass is 218 g/mol. The molecule has 2 atom stereocenters. The Morgan fingerprint density at radius 3 is 2.94 bits per heavy atom. The standard InChI is InChI=1S/C13H18N2O/c1-9-13(5-6-16-9)15-7-10-3-2-4-12(14)11(10)8-15/h2-4,9,13H,5-8,14H2,1H3. The Hall–Kier alpha value is -1.06. The third-order valence-corrected chi connectivity index (χ3v) is 3.85. The van der Waals surface area contributed by atoms with Gasteiger partial charge < -0.3 is 10.5 Å². The molecular formula is C13H18N2O. The van der Waals surface area contributed by atoms with Crippen molar-refractivity contribution in [2.24, 2.45) is 0 Å². The first-order valence-corrected chi connectivity index (χ1v) is 5.97. The average molecular weight is 218 g/mol. The van der Waals surface area contributed by atoms with E-state index in [2.05, 4.69) is 17.9 Å². The van der Waals surface area contributed by atoms with Crippen LogP contribution in [0.2, 0.25) is 0 Å². The molecule has 0 aliphatic carbocycles. The van der Waals surface area contributed by atoms with E-state index in [0.717, 1.165) is 31.8 Å². The molecule has 0 radical (unpaired) electrons. The highest BCUT2D eigenvalue weighted by molar-refractivity contribution is 5.52. The largest absolute Gasteiger partial charge is 0.398 e. The normalized spacial score (nSPS) is 29.6. The van der Waals surface area contributed by atoms with E-state index in [1.165, 1.54) is 11.1 Å². The smallest absolute Gasteiger partial charge is 0.0703 e. The van der Waals surface area contributed by atoms with E-state index in [9.17, 15) is 0 Å². The fraction of sp³-hybridized carbons (Fsp3) is 0.538. The van der Waals surface area contributed by atoms with Crippen LogP contribution in [0.5, 0.6) is 0 Å². The molecule has 3 rings (SSSR count). The lowest BCUT2D eigenvalue weighted by Crippen LogP contribution is -2.35. The second-order valence-electron chi connectivity index (χ2n) is 4.82. The maximum atomic E-state index is 6.01. The zero-order valence-corrected chi connectivity index (χ0v) is 9.65. The van der Waals surface area contributed by atoms with Gasteiger partial charge >= 0.3 is 0 Å². The Kier molecular flexibility index (Phi) is 2.37. The van der Waals surface area contributed by atoms with Crippen LogP contribution in [-0.4, -0.2) is 23.7 Å². The van der Waals surface area contributed by atoms with Crippen molar-refractivity contribution in [3.05, 3.63) is 29.3 Å². The zero-order valence-electron chi connectivity index (χ0n) is 9.65. The number of ether oxygens (including phenoxy) is 1. The maximum absolute atomic E-state index is 6.01. The van der Waals surface area contributed by atoms with Crippen LogP contribution in [0.3, 0.4) is 0 Å². The highest BCUT2D eigenvalue weighted by atomic mass is 16.5. The molecule has 86 valence electrons. The Morgan fingerprint density at radius 2 is 2.25 bits per heavy atom. The number of hydrogen-bond acceptors (Lipinski definition) is 3. The minimum atomic E-state index is 0.357. The lowest BCUT2D eigenvalue weighted by atomic mass is 10.1.